The van der Waals surface area contributed by atoms with Gasteiger partial charge in [0.25, 0.3) is 0 Å². The van der Waals surface area contributed by atoms with E-state index < -0.39 is 0 Å². The third-order valence-electron chi connectivity index (χ3n) is 1.30. The first-order chi connectivity index (χ1) is 5.75. The van der Waals surface area contributed by atoms with Crippen molar-refractivity contribution in [2.45, 2.75) is 0 Å². The Kier molecular flexibility index (Phi) is 1.86. The highest BCUT2D eigenvalue weighted by Gasteiger charge is 2.04. The van der Waals surface area contributed by atoms with Crippen LogP contribution < -0.4 is 5.73 Å². The Morgan fingerprint density at radius 3 is 2.75 bits per heavy atom. The van der Waals surface area contributed by atoms with Crippen molar-refractivity contribution < 1.29 is 0 Å². The van der Waals surface area contributed by atoms with Crippen LogP contribution in [0.2, 0.25) is 0 Å². The van der Waals surface area contributed by atoms with Crippen LogP contribution in [0.15, 0.2) is 16.2 Å². The molecule has 0 amide bonds. The summed E-state index contributed by atoms with van der Waals surface area (Å²) in [5, 5.41) is 0.881. The molecule has 0 atom stereocenters. The molecule has 0 aromatic carbocycles. The number of nitrogens with zero attached hydrogens (tertiary/aromatic N) is 2. The fraction of sp³-hybridized carbons (Fsp3) is 0. The summed E-state index contributed by atoms with van der Waals surface area (Å²) in [6.45, 7) is 0. The van der Waals surface area contributed by atoms with Crippen molar-refractivity contribution in [1.29, 1.82) is 0 Å². The van der Waals surface area contributed by atoms with E-state index in [-0.39, 0.29) is 0 Å². The molecule has 2 heterocycles. The van der Waals surface area contributed by atoms with Gasteiger partial charge in [-0.05, 0) is 15.9 Å². The van der Waals surface area contributed by atoms with Crippen LogP contribution in [0.4, 0.5) is 5.95 Å². The zero-order valence-corrected chi connectivity index (χ0v) is 8.32. The Morgan fingerprint density at radius 1 is 1.42 bits per heavy atom. The van der Waals surface area contributed by atoms with Crippen molar-refractivity contribution in [3.05, 3.63) is 16.2 Å². The second-order valence-electron chi connectivity index (χ2n) is 2.15. The normalized spacial score (nSPS) is 10.4. The maximum atomic E-state index is 5.42. The van der Waals surface area contributed by atoms with Gasteiger partial charge in [0.05, 0.1) is 21.9 Å². The molecule has 0 aliphatic rings. The van der Waals surface area contributed by atoms with Gasteiger partial charge in [-0.1, -0.05) is 0 Å². The minimum absolute atomic E-state index is 0.413. The minimum atomic E-state index is 0.413. The first-order valence-corrected chi connectivity index (χ1v) is 4.79. The number of nitrogens with one attached hydrogen (secondary N) is 1. The fourth-order valence-corrected chi connectivity index (χ4v) is 2.00. The topological polar surface area (TPSA) is 67.6 Å². The summed E-state index contributed by atoms with van der Waals surface area (Å²) in [6, 6.07) is 0. The molecule has 0 fully saturated rings. The molecule has 0 spiro atoms. The number of hydrogen-bond acceptors (Lipinski definition) is 4. The van der Waals surface area contributed by atoms with E-state index in [0.29, 0.717) is 5.95 Å². The van der Waals surface area contributed by atoms with E-state index >= 15 is 0 Å². The molecule has 0 aliphatic heterocycles. The predicted octanol–water partition coefficient (Wildman–Crippen LogP) is 1.88. The molecular weight excluding hydrogens is 240 g/mol. The van der Waals surface area contributed by atoms with E-state index in [1.165, 1.54) is 11.3 Å². The van der Waals surface area contributed by atoms with Gasteiger partial charge in [0.1, 0.15) is 5.01 Å². The first-order valence-electron chi connectivity index (χ1n) is 3.18. The molecule has 6 heteroatoms. The third-order valence-corrected chi connectivity index (χ3v) is 2.81. The quantitative estimate of drug-likeness (QED) is 0.805. The average Bonchev–Trinajstić information content (AvgIpc) is 2.58. The molecule has 0 radical (unpaired) electrons. The van der Waals surface area contributed by atoms with Crippen LogP contribution in [0.1, 0.15) is 0 Å². The second-order valence-corrected chi connectivity index (χ2v) is 4.56. The third kappa shape index (κ3) is 1.35. The Labute approximate surface area is 81.0 Å². The maximum absolute atomic E-state index is 5.42. The summed E-state index contributed by atoms with van der Waals surface area (Å²) in [5.74, 6) is 0.413. The molecule has 4 nitrogen and oxygen atoms in total. The van der Waals surface area contributed by atoms with E-state index in [2.05, 4.69) is 30.9 Å². The highest BCUT2D eigenvalue weighted by atomic mass is 79.9. The predicted molar refractivity (Wildman–Crippen MR) is 51.8 cm³/mol. The van der Waals surface area contributed by atoms with Gasteiger partial charge < -0.3 is 10.7 Å². The second kappa shape index (κ2) is 2.87. The molecule has 0 saturated heterocycles. The Hall–Kier alpha value is -0.880. The minimum Gasteiger partial charge on any atom is -0.369 e. The van der Waals surface area contributed by atoms with Gasteiger partial charge in [-0.2, -0.15) is 0 Å². The number of H-pyrrole nitrogens is 1. The van der Waals surface area contributed by atoms with Crippen LogP contribution in [-0.4, -0.2) is 15.0 Å². The number of thiazole rings is 1. The Balaban J connectivity index is 2.43. The van der Waals surface area contributed by atoms with Crippen LogP contribution in [0.25, 0.3) is 10.7 Å². The summed E-state index contributed by atoms with van der Waals surface area (Å²) < 4.78 is 0.991. The van der Waals surface area contributed by atoms with Gasteiger partial charge in [0.2, 0.25) is 0 Å². The van der Waals surface area contributed by atoms with Crippen LogP contribution in [0, 0.1) is 0 Å². The standard InChI is InChI=1S/C6H5BrN4S/c7-4-2-9-5(12-4)3-1-10-6(8)11-3/h1-2H,(H3,8,10,11). The van der Waals surface area contributed by atoms with Crippen LogP contribution in [0.3, 0.4) is 0 Å². The number of nitrogens with two attached hydrogens (primary N) is 1. The molecule has 62 valence electrons. The summed E-state index contributed by atoms with van der Waals surface area (Å²) in [7, 11) is 0. The zero-order chi connectivity index (χ0) is 8.55. The molecule has 3 N–H and O–H groups in total. The summed E-state index contributed by atoms with van der Waals surface area (Å²) in [6.07, 6.45) is 3.41. The zero-order valence-electron chi connectivity index (χ0n) is 5.91. The van der Waals surface area contributed by atoms with Crippen LogP contribution >= 0.6 is 27.3 Å². The molecule has 0 bridgehead atoms. The summed E-state index contributed by atoms with van der Waals surface area (Å²) in [5.41, 5.74) is 6.27. The van der Waals surface area contributed by atoms with E-state index in [9.17, 15) is 0 Å². The van der Waals surface area contributed by atoms with Crippen molar-refractivity contribution in [3.63, 3.8) is 0 Å². The monoisotopic (exact) mass is 244 g/mol. The lowest BCUT2D eigenvalue weighted by atomic mass is 10.5. The molecule has 12 heavy (non-hydrogen) atoms. The van der Waals surface area contributed by atoms with Gasteiger partial charge >= 0.3 is 0 Å². The highest BCUT2D eigenvalue weighted by molar-refractivity contribution is 9.11. The number of rotatable bonds is 1. The Bertz CT molecular complexity index is 355. The largest absolute Gasteiger partial charge is 0.369 e. The van der Waals surface area contributed by atoms with Gasteiger partial charge in [-0.15, -0.1) is 11.3 Å². The van der Waals surface area contributed by atoms with Crippen molar-refractivity contribution in [1.82, 2.24) is 15.0 Å². The van der Waals surface area contributed by atoms with Gasteiger partial charge in [-0.3, -0.25) is 0 Å². The number of anilines is 1. The lowest BCUT2D eigenvalue weighted by Gasteiger charge is -1.85. The van der Waals surface area contributed by atoms with Crippen molar-refractivity contribution in [3.8, 4) is 10.7 Å². The van der Waals surface area contributed by atoms with E-state index in [0.717, 1.165) is 14.5 Å². The number of halogens is 1. The smallest absolute Gasteiger partial charge is 0.197 e. The highest BCUT2D eigenvalue weighted by Crippen LogP contribution is 2.27. The molecule has 2 rings (SSSR count). The summed E-state index contributed by atoms with van der Waals surface area (Å²) >= 11 is 4.86. The van der Waals surface area contributed by atoms with E-state index in [4.69, 9.17) is 5.73 Å². The summed E-state index contributed by atoms with van der Waals surface area (Å²) in [4.78, 5) is 10.9. The number of nitrogen functional groups attached to an aromatic ring is 1. The number of hydrogen-bond donors (Lipinski definition) is 2. The Morgan fingerprint density at radius 2 is 2.25 bits per heavy atom. The molecule has 0 unspecified atom stereocenters. The SMILES string of the molecule is Nc1ncc(-c2ncc(Br)s2)[nH]1. The maximum Gasteiger partial charge on any atom is 0.197 e. The molecule has 2 aromatic heterocycles. The molecule has 0 aliphatic carbocycles. The van der Waals surface area contributed by atoms with Crippen molar-refractivity contribution in [2.24, 2.45) is 0 Å². The van der Waals surface area contributed by atoms with Gasteiger partial charge in [-0.25, -0.2) is 9.97 Å². The van der Waals surface area contributed by atoms with Crippen LogP contribution in [-0.2, 0) is 0 Å². The number of aromatic amines is 1. The van der Waals surface area contributed by atoms with Crippen molar-refractivity contribution in [2.75, 3.05) is 5.73 Å². The molecule has 0 saturated carbocycles. The molecule has 2 aromatic rings. The average molecular weight is 245 g/mol. The lowest BCUT2D eigenvalue weighted by molar-refractivity contribution is 1.31. The number of imidazole rings is 1. The van der Waals surface area contributed by atoms with Crippen molar-refractivity contribution >= 4 is 33.2 Å². The van der Waals surface area contributed by atoms with Gasteiger partial charge in [0, 0.05) is 0 Å². The van der Waals surface area contributed by atoms with E-state index in [1.807, 2.05) is 0 Å². The first kappa shape index (κ1) is 7.75. The van der Waals surface area contributed by atoms with Crippen LogP contribution in [0.5, 0.6) is 0 Å². The van der Waals surface area contributed by atoms with Gasteiger partial charge in [0.15, 0.2) is 5.95 Å². The number of aromatic nitrogens is 3. The molecular formula is C6H5BrN4S. The fourth-order valence-electron chi connectivity index (χ4n) is 0.824. The lowest BCUT2D eigenvalue weighted by Crippen LogP contribution is -1.85. The van der Waals surface area contributed by atoms with E-state index in [1.54, 1.807) is 12.4 Å².